The number of hydrogen-bond acceptors (Lipinski definition) is 5. The third-order valence-corrected chi connectivity index (χ3v) is 10.7. The Morgan fingerprint density at radius 2 is 1.96 bits per heavy atom. The molecular formula is C22H35NO4. The molecule has 6 aliphatic rings. The number of piperidine rings is 1. The van der Waals surface area contributed by atoms with E-state index in [1.807, 2.05) is 0 Å². The largest absolute Gasteiger partial charge is 0.392 e. The molecule has 0 radical (unpaired) electrons. The van der Waals surface area contributed by atoms with Crippen molar-refractivity contribution in [3.05, 3.63) is 0 Å². The molecule has 5 nitrogen and oxygen atoms in total. The van der Waals surface area contributed by atoms with E-state index in [1.165, 1.54) is 0 Å². The maximum absolute atomic E-state index is 12.1. The van der Waals surface area contributed by atoms with Gasteiger partial charge in [0, 0.05) is 49.3 Å². The van der Waals surface area contributed by atoms with Crippen LogP contribution < -0.4 is 0 Å². The summed E-state index contributed by atoms with van der Waals surface area (Å²) < 4.78 is 5.79. The van der Waals surface area contributed by atoms with Gasteiger partial charge in [0.2, 0.25) is 0 Å². The highest BCUT2D eigenvalue weighted by Gasteiger charge is 2.82. The van der Waals surface area contributed by atoms with Crippen LogP contribution in [0.1, 0.15) is 46.0 Å². The average Bonchev–Trinajstić information content (AvgIpc) is 3.07. The van der Waals surface area contributed by atoms with Crippen molar-refractivity contribution in [3.8, 4) is 0 Å². The molecule has 0 unspecified atom stereocenters. The lowest BCUT2D eigenvalue weighted by molar-refractivity contribution is -0.266. The lowest BCUT2D eigenvalue weighted by atomic mass is 9.43. The molecule has 5 aliphatic carbocycles. The number of aliphatic hydroxyl groups excluding tert-OH is 2. The number of ether oxygens (including phenoxy) is 1. The predicted octanol–water partition coefficient (Wildman–Crippen LogP) is 1.25. The Balaban J connectivity index is 1.59. The molecule has 12 atom stereocenters. The van der Waals surface area contributed by atoms with E-state index in [4.69, 9.17) is 4.74 Å². The Morgan fingerprint density at radius 3 is 2.67 bits per heavy atom. The van der Waals surface area contributed by atoms with E-state index < -0.39 is 11.7 Å². The van der Waals surface area contributed by atoms with Gasteiger partial charge < -0.3 is 20.1 Å². The van der Waals surface area contributed by atoms with Crippen LogP contribution in [0.4, 0.5) is 0 Å². The molecule has 27 heavy (non-hydrogen) atoms. The lowest BCUT2D eigenvalue weighted by Gasteiger charge is -2.68. The van der Waals surface area contributed by atoms with Gasteiger partial charge in [0.15, 0.2) is 0 Å². The summed E-state index contributed by atoms with van der Waals surface area (Å²) in [5.41, 5.74) is -0.788. The van der Waals surface area contributed by atoms with Gasteiger partial charge in [0.1, 0.15) is 0 Å². The smallest absolute Gasteiger partial charge is 0.0771 e. The fraction of sp³-hybridized carbons (Fsp3) is 1.00. The highest BCUT2D eigenvalue weighted by molar-refractivity contribution is 5.32. The minimum absolute atomic E-state index is 0.0657. The number of nitrogens with zero attached hydrogens (tertiary/aromatic N) is 1. The summed E-state index contributed by atoms with van der Waals surface area (Å²) >= 11 is 0. The molecule has 5 saturated carbocycles. The zero-order valence-corrected chi connectivity index (χ0v) is 16.8. The van der Waals surface area contributed by atoms with E-state index in [0.717, 1.165) is 38.8 Å². The zero-order chi connectivity index (χ0) is 18.9. The van der Waals surface area contributed by atoms with Crippen LogP contribution >= 0.6 is 0 Å². The molecule has 1 heterocycles. The summed E-state index contributed by atoms with van der Waals surface area (Å²) in [6, 6.07) is 0.253. The topological polar surface area (TPSA) is 73.2 Å². The summed E-state index contributed by atoms with van der Waals surface area (Å²) in [5.74, 6) is 0.840. The van der Waals surface area contributed by atoms with Crippen LogP contribution in [0, 0.1) is 40.4 Å². The van der Waals surface area contributed by atoms with Crippen LogP contribution in [0.25, 0.3) is 0 Å². The van der Waals surface area contributed by atoms with Gasteiger partial charge in [-0.05, 0) is 49.5 Å². The molecule has 1 spiro atoms. The summed E-state index contributed by atoms with van der Waals surface area (Å²) in [6.07, 6.45) is 3.66. The Kier molecular flexibility index (Phi) is 3.33. The van der Waals surface area contributed by atoms with Crippen LogP contribution in [-0.4, -0.2) is 70.4 Å². The molecule has 6 fully saturated rings. The molecule has 5 heteroatoms. The monoisotopic (exact) mass is 377 g/mol. The standard InChI is InChI=1S/C22H35NO4/c1-4-23-10-20(2)6-5-16(24)22-12-7-11-14(27-3)9-21(26,17(12)18(11)25)13(19(22)23)8-15(20)22/h11-19,24-26H,4-10H2,1-3H3/t11-,12+,13+,14+,15-,16+,17-,18+,19-,20+,21-,22-/m1/s1. The van der Waals surface area contributed by atoms with Crippen molar-refractivity contribution >= 4 is 0 Å². The first-order valence-electron chi connectivity index (χ1n) is 11.2. The van der Waals surface area contributed by atoms with E-state index in [9.17, 15) is 15.3 Å². The van der Waals surface area contributed by atoms with Gasteiger partial charge in [-0.15, -0.1) is 0 Å². The predicted molar refractivity (Wildman–Crippen MR) is 99.9 cm³/mol. The minimum atomic E-state index is -0.858. The quantitative estimate of drug-likeness (QED) is 0.676. The maximum atomic E-state index is 12.1. The maximum Gasteiger partial charge on any atom is 0.0771 e. The average molecular weight is 378 g/mol. The van der Waals surface area contributed by atoms with Gasteiger partial charge in [0.05, 0.1) is 23.9 Å². The first-order valence-corrected chi connectivity index (χ1v) is 11.2. The van der Waals surface area contributed by atoms with Crippen molar-refractivity contribution in [2.24, 2.45) is 40.4 Å². The SMILES string of the molecule is CCN1C[C@]2(C)CC[C@H](O)[C@@]34[C@@H]2C[C@@H]([C@@H]13)[C@]1(O)C[C@H](OC)[C@H]2C[C@H]4[C@@H]1[C@H]2O. The zero-order valence-electron chi connectivity index (χ0n) is 16.8. The second kappa shape index (κ2) is 5.10. The lowest BCUT2D eigenvalue weighted by Crippen LogP contribution is -2.75. The molecule has 1 aliphatic heterocycles. The summed E-state index contributed by atoms with van der Waals surface area (Å²) in [5, 5.41) is 34.9. The van der Waals surface area contributed by atoms with Crippen LogP contribution in [-0.2, 0) is 4.74 Å². The molecule has 0 aromatic heterocycles. The fourth-order valence-electron chi connectivity index (χ4n) is 10.1. The normalized spacial score (nSPS) is 66.2. The van der Waals surface area contributed by atoms with Crippen molar-refractivity contribution in [2.75, 3.05) is 20.2 Å². The second-order valence-electron chi connectivity index (χ2n) is 11.1. The van der Waals surface area contributed by atoms with Crippen molar-refractivity contribution in [1.82, 2.24) is 4.90 Å². The number of rotatable bonds is 2. The Hall–Kier alpha value is -0.200. The molecule has 6 rings (SSSR count). The van der Waals surface area contributed by atoms with E-state index in [-0.39, 0.29) is 52.8 Å². The van der Waals surface area contributed by atoms with Gasteiger partial charge in [-0.1, -0.05) is 13.8 Å². The minimum Gasteiger partial charge on any atom is -0.392 e. The summed E-state index contributed by atoms with van der Waals surface area (Å²) in [7, 11) is 1.73. The number of hydrogen-bond donors (Lipinski definition) is 3. The van der Waals surface area contributed by atoms with Crippen LogP contribution in [0.5, 0.6) is 0 Å². The first-order chi connectivity index (χ1) is 12.8. The van der Waals surface area contributed by atoms with Gasteiger partial charge in [-0.3, -0.25) is 4.90 Å². The molecular weight excluding hydrogens is 342 g/mol. The first kappa shape index (κ1) is 17.6. The highest BCUT2D eigenvalue weighted by Crippen LogP contribution is 2.78. The third-order valence-electron chi connectivity index (χ3n) is 10.7. The van der Waals surface area contributed by atoms with Crippen molar-refractivity contribution in [2.45, 2.75) is 75.9 Å². The van der Waals surface area contributed by atoms with E-state index in [0.29, 0.717) is 12.3 Å². The van der Waals surface area contributed by atoms with Crippen molar-refractivity contribution in [3.63, 3.8) is 0 Å². The molecule has 152 valence electrons. The van der Waals surface area contributed by atoms with E-state index in [1.54, 1.807) is 7.11 Å². The van der Waals surface area contributed by atoms with Crippen molar-refractivity contribution < 1.29 is 20.1 Å². The van der Waals surface area contributed by atoms with Crippen molar-refractivity contribution in [1.29, 1.82) is 0 Å². The van der Waals surface area contributed by atoms with Crippen LogP contribution in [0.15, 0.2) is 0 Å². The van der Waals surface area contributed by atoms with Crippen LogP contribution in [0.2, 0.25) is 0 Å². The number of aliphatic hydroxyl groups is 3. The number of fused-ring (bicyclic) bond motifs is 2. The van der Waals surface area contributed by atoms with Gasteiger partial charge in [-0.25, -0.2) is 0 Å². The van der Waals surface area contributed by atoms with Gasteiger partial charge in [0.25, 0.3) is 0 Å². The molecule has 0 amide bonds. The van der Waals surface area contributed by atoms with Gasteiger partial charge >= 0.3 is 0 Å². The summed E-state index contributed by atoms with van der Waals surface area (Å²) in [6.45, 7) is 6.74. The summed E-state index contributed by atoms with van der Waals surface area (Å²) in [4.78, 5) is 2.60. The molecule has 1 saturated heterocycles. The molecule has 0 aromatic rings. The van der Waals surface area contributed by atoms with Crippen LogP contribution in [0.3, 0.4) is 0 Å². The number of methoxy groups -OCH3 is 1. The van der Waals surface area contributed by atoms with E-state index in [2.05, 4.69) is 18.7 Å². The number of likely N-dealkylation sites (tertiary alicyclic amines) is 1. The Bertz CT molecular complexity index is 673. The Labute approximate surface area is 162 Å². The van der Waals surface area contributed by atoms with Gasteiger partial charge in [-0.2, -0.15) is 0 Å². The molecule has 7 bridgehead atoms. The molecule has 0 aromatic carbocycles. The highest BCUT2D eigenvalue weighted by atomic mass is 16.5. The fourth-order valence-corrected chi connectivity index (χ4v) is 10.1. The Morgan fingerprint density at radius 1 is 1.19 bits per heavy atom. The van der Waals surface area contributed by atoms with E-state index >= 15 is 0 Å². The third kappa shape index (κ3) is 1.66. The second-order valence-corrected chi connectivity index (χ2v) is 11.1. The molecule has 3 N–H and O–H groups in total.